The van der Waals surface area contributed by atoms with Crippen LogP contribution in [0, 0.1) is 5.92 Å². The smallest absolute Gasteiger partial charge is 0.0591 e. The number of hydrogen-bond donors (Lipinski definition) is 1. The predicted molar refractivity (Wildman–Crippen MR) is 71.4 cm³/mol. The highest BCUT2D eigenvalue weighted by Crippen LogP contribution is 2.37. The molecule has 3 nitrogen and oxygen atoms in total. The van der Waals surface area contributed by atoms with Crippen molar-refractivity contribution in [2.75, 3.05) is 6.61 Å². The fourth-order valence-corrected chi connectivity index (χ4v) is 3.57. The third-order valence-corrected chi connectivity index (χ3v) is 4.63. The van der Waals surface area contributed by atoms with E-state index in [0.29, 0.717) is 17.9 Å². The van der Waals surface area contributed by atoms with Crippen molar-refractivity contribution in [2.45, 2.75) is 50.7 Å². The van der Waals surface area contributed by atoms with Crippen LogP contribution in [0.3, 0.4) is 0 Å². The van der Waals surface area contributed by atoms with E-state index in [-0.39, 0.29) is 6.04 Å². The van der Waals surface area contributed by atoms with Crippen LogP contribution in [0.15, 0.2) is 18.3 Å². The Morgan fingerprint density at radius 1 is 1.44 bits per heavy atom. The number of nitrogens with two attached hydrogens (primary N) is 1. The average molecular weight is 246 g/mol. The van der Waals surface area contributed by atoms with Crippen LogP contribution in [0.4, 0.5) is 0 Å². The standard InChI is InChI=1S/C15H22N2O/c1-10-12(7-9-18-10)14(16)13-6-2-4-11-5-3-8-17-15(11)13/h3,5,8,10,12-14H,2,4,6-7,9,16H2,1H3. The van der Waals surface area contributed by atoms with E-state index in [1.165, 1.54) is 24.1 Å². The second-order valence-electron chi connectivity index (χ2n) is 5.65. The van der Waals surface area contributed by atoms with Gasteiger partial charge in [-0.05, 0) is 44.2 Å². The quantitative estimate of drug-likeness (QED) is 0.870. The van der Waals surface area contributed by atoms with Gasteiger partial charge in [-0.25, -0.2) is 0 Å². The average Bonchev–Trinajstić information content (AvgIpc) is 2.83. The summed E-state index contributed by atoms with van der Waals surface area (Å²) in [5.41, 5.74) is 9.18. The van der Waals surface area contributed by atoms with Crippen molar-refractivity contribution in [3.8, 4) is 0 Å². The minimum Gasteiger partial charge on any atom is -0.378 e. The van der Waals surface area contributed by atoms with Crippen LogP contribution in [0.1, 0.15) is 43.4 Å². The number of aryl methyl sites for hydroxylation is 1. The summed E-state index contributed by atoms with van der Waals surface area (Å²) in [6.07, 6.45) is 6.87. The molecule has 1 aromatic heterocycles. The van der Waals surface area contributed by atoms with Gasteiger partial charge in [0, 0.05) is 36.4 Å². The normalized spacial score (nSPS) is 33.1. The topological polar surface area (TPSA) is 48.1 Å². The Hall–Kier alpha value is -0.930. The first-order valence-electron chi connectivity index (χ1n) is 7.08. The molecule has 0 radical (unpaired) electrons. The lowest BCUT2D eigenvalue weighted by molar-refractivity contribution is 0.0957. The van der Waals surface area contributed by atoms with Gasteiger partial charge in [0.25, 0.3) is 0 Å². The molecule has 18 heavy (non-hydrogen) atoms. The van der Waals surface area contributed by atoms with Crippen LogP contribution in [0.25, 0.3) is 0 Å². The number of nitrogens with zero attached hydrogens (tertiary/aromatic N) is 1. The Morgan fingerprint density at radius 2 is 2.33 bits per heavy atom. The Balaban J connectivity index is 1.84. The van der Waals surface area contributed by atoms with Gasteiger partial charge in [0.15, 0.2) is 0 Å². The molecule has 0 amide bonds. The van der Waals surface area contributed by atoms with Crippen molar-refractivity contribution in [3.05, 3.63) is 29.6 Å². The zero-order valence-electron chi connectivity index (χ0n) is 11.0. The molecular formula is C15H22N2O. The molecule has 0 saturated carbocycles. The molecule has 0 aromatic carbocycles. The molecule has 0 bridgehead atoms. The maximum absolute atomic E-state index is 6.54. The van der Waals surface area contributed by atoms with Crippen molar-refractivity contribution in [1.29, 1.82) is 0 Å². The molecule has 2 N–H and O–H groups in total. The zero-order chi connectivity index (χ0) is 12.5. The third kappa shape index (κ3) is 2.06. The number of rotatable bonds is 2. The van der Waals surface area contributed by atoms with E-state index in [9.17, 15) is 0 Å². The molecule has 1 fully saturated rings. The maximum atomic E-state index is 6.54. The van der Waals surface area contributed by atoms with Crippen LogP contribution in [-0.4, -0.2) is 23.7 Å². The van der Waals surface area contributed by atoms with Crippen LogP contribution >= 0.6 is 0 Å². The highest BCUT2D eigenvalue weighted by molar-refractivity contribution is 5.27. The molecule has 3 heteroatoms. The number of ether oxygens (including phenoxy) is 1. The van der Waals surface area contributed by atoms with Crippen LogP contribution < -0.4 is 5.73 Å². The maximum Gasteiger partial charge on any atom is 0.0591 e. The van der Waals surface area contributed by atoms with Gasteiger partial charge >= 0.3 is 0 Å². The van der Waals surface area contributed by atoms with Crippen molar-refractivity contribution < 1.29 is 4.74 Å². The van der Waals surface area contributed by atoms with Gasteiger partial charge in [-0.15, -0.1) is 0 Å². The number of pyridine rings is 1. The fourth-order valence-electron chi connectivity index (χ4n) is 3.57. The third-order valence-electron chi connectivity index (χ3n) is 4.63. The van der Waals surface area contributed by atoms with Gasteiger partial charge in [-0.3, -0.25) is 4.98 Å². The molecule has 1 saturated heterocycles. The zero-order valence-corrected chi connectivity index (χ0v) is 11.0. The lowest BCUT2D eigenvalue weighted by Crippen LogP contribution is -2.41. The Kier molecular flexibility index (Phi) is 3.35. The second kappa shape index (κ2) is 4.98. The van der Waals surface area contributed by atoms with Gasteiger partial charge in [0.05, 0.1) is 6.10 Å². The Bertz CT molecular complexity index is 421. The van der Waals surface area contributed by atoms with Crippen LogP contribution in [0.2, 0.25) is 0 Å². The summed E-state index contributed by atoms with van der Waals surface area (Å²) >= 11 is 0. The summed E-state index contributed by atoms with van der Waals surface area (Å²) in [5.74, 6) is 0.909. The van der Waals surface area contributed by atoms with Crippen molar-refractivity contribution in [2.24, 2.45) is 11.7 Å². The number of hydrogen-bond acceptors (Lipinski definition) is 3. The highest BCUT2D eigenvalue weighted by Gasteiger charge is 2.36. The van der Waals surface area contributed by atoms with E-state index in [1.54, 1.807) is 0 Å². The van der Waals surface area contributed by atoms with Crippen molar-refractivity contribution >= 4 is 0 Å². The molecule has 2 heterocycles. The molecule has 4 unspecified atom stereocenters. The van der Waals surface area contributed by atoms with E-state index in [2.05, 4.69) is 18.0 Å². The first kappa shape index (κ1) is 12.1. The van der Waals surface area contributed by atoms with E-state index in [1.807, 2.05) is 12.3 Å². The van der Waals surface area contributed by atoms with E-state index in [0.717, 1.165) is 19.4 Å². The summed E-state index contributed by atoms with van der Waals surface area (Å²) in [6, 6.07) is 4.43. The van der Waals surface area contributed by atoms with Gasteiger partial charge in [0.2, 0.25) is 0 Å². The van der Waals surface area contributed by atoms with Crippen molar-refractivity contribution in [1.82, 2.24) is 4.98 Å². The van der Waals surface area contributed by atoms with E-state index >= 15 is 0 Å². The first-order valence-corrected chi connectivity index (χ1v) is 7.08. The SMILES string of the molecule is CC1OCCC1C(N)C1CCCc2cccnc21. The summed E-state index contributed by atoms with van der Waals surface area (Å²) in [6.45, 7) is 3.01. The predicted octanol–water partition coefficient (Wildman–Crippen LogP) is 2.25. The minimum absolute atomic E-state index is 0.191. The Labute approximate surface area is 109 Å². The summed E-state index contributed by atoms with van der Waals surface area (Å²) in [4.78, 5) is 4.60. The van der Waals surface area contributed by atoms with Crippen LogP contribution in [-0.2, 0) is 11.2 Å². The summed E-state index contributed by atoms with van der Waals surface area (Å²) < 4.78 is 5.66. The molecule has 98 valence electrons. The molecule has 1 aromatic rings. The summed E-state index contributed by atoms with van der Waals surface area (Å²) in [5, 5.41) is 0. The van der Waals surface area contributed by atoms with Gasteiger partial charge in [0.1, 0.15) is 0 Å². The molecule has 1 aliphatic heterocycles. The Morgan fingerprint density at radius 3 is 3.11 bits per heavy atom. The minimum atomic E-state index is 0.191. The fraction of sp³-hybridized carbons (Fsp3) is 0.667. The van der Waals surface area contributed by atoms with Gasteiger partial charge in [-0.1, -0.05) is 6.07 Å². The molecule has 3 rings (SSSR count). The largest absolute Gasteiger partial charge is 0.378 e. The molecule has 4 atom stereocenters. The molecule has 0 spiro atoms. The lowest BCUT2D eigenvalue weighted by atomic mass is 9.76. The number of aromatic nitrogens is 1. The van der Waals surface area contributed by atoms with Gasteiger partial charge < -0.3 is 10.5 Å². The van der Waals surface area contributed by atoms with Crippen molar-refractivity contribution in [3.63, 3.8) is 0 Å². The monoisotopic (exact) mass is 246 g/mol. The van der Waals surface area contributed by atoms with E-state index in [4.69, 9.17) is 10.5 Å². The molecular weight excluding hydrogens is 224 g/mol. The first-order chi connectivity index (χ1) is 8.77. The second-order valence-corrected chi connectivity index (χ2v) is 5.65. The highest BCUT2D eigenvalue weighted by atomic mass is 16.5. The molecule has 2 aliphatic rings. The number of fused-ring (bicyclic) bond motifs is 1. The van der Waals surface area contributed by atoms with Gasteiger partial charge in [-0.2, -0.15) is 0 Å². The van der Waals surface area contributed by atoms with E-state index < -0.39 is 0 Å². The summed E-state index contributed by atoms with van der Waals surface area (Å²) in [7, 11) is 0. The van der Waals surface area contributed by atoms with Crippen LogP contribution in [0.5, 0.6) is 0 Å². The lowest BCUT2D eigenvalue weighted by Gasteiger charge is -2.33. The molecule has 1 aliphatic carbocycles.